The van der Waals surface area contributed by atoms with E-state index in [0.717, 1.165) is 10.8 Å². The average Bonchev–Trinajstić information content (AvgIpc) is 2.89. The Bertz CT molecular complexity index is 1700. The Morgan fingerprint density at radius 3 is 2.31 bits per heavy atom. The number of amides is 2. The van der Waals surface area contributed by atoms with Gasteiger partial charge in [-0.25, -0.2) is 8.42 Å². The Kier molecular flexibility index (Phi) is 7.87. The molecule has 10 heteroatoms. The number of nitrogens with zero attached hydrogens (tertiary/aromatic N) is 1. The van der Waals surface area contributed by atoms with Crippen LogP contribution in [0.25, 0.3) is 10.8 Å². The van der Waals surface area contributed by atoms with Crippen molar-refractivity contribution in [3.8, 4) is 0 Å². The second-order valence-corrected chi connectivity index (χ2v) is 10.9. The van der Waals surface area contributed by atoms with Gasteiger partial charge in [0.25, 0.3) is 5.69 Å². The number of primary amides is 1. The van der Waals surface area contributed by atoms with Gasteiger partial charge in [0.2, 0.25) is 11.8 Å². The maximum Gasteiger partial charge on any atom is 0.269 e. The average molecular weight is 544 g/mol. The number of hydrogen-bond donors (Lipinski definition) is 2. The van der Waals surface area contributed by atoms with Crippen molar-refractivity contribution in [2.24, 2.45) is 5.73 Å². The number of non-ortho nitro benzene ring substituents is 1. The van der Waals surface area contributed by atoms with E-state index in [1.165, 1.54) is 48.5 Å². The van der Waals surface area contributed by atoms with E-state index in [-0.39, 0.29) is 28.3 Å². The van der Waals surface area contributed by atoms with Gasteiger partial charge in [0, 0.05) is 24.2 Å². The molecular formula is C29H25N3O6S. The summed E-state index contributed by atoms with van der Waals surface area (Å²) in [4.78, 5) is 34.2. The number of rotatable bonds is 10. The first-order valence-electron chi connectivity index (χ1n) is 11.9. The molecule has 0 spiro atoms. The molecule has 0 fully saturated rings. The largest absolute Gasteiger partial charge is 0.369 e. The standard InChI is InChI=1S/C29H25N3O6S/c1-2-26(22-13-12-20-6-3-4-7-21(20)17-22)39(37,38)27-9-5-8-25(31-29(34)18-28(30)33)24(27)16-19-10-14-23(15-11-19)32(35)36/h2-15,17,26H,1,16,18H2,(H2,30,33)(H,31,34). The summed E-state index contributed by atoms with van der Waals surface area (Å²) < 4.78 is 28.2. The van der Waals surface area contributed by atoms with Gasteiger partial charge in [-0.15, -0.1) is 6.58 Å². The van der Waals surface area contributed by atoms with Gasteiger partial charge < -0.3 is 11.1 Å². The van der Waals surface area contributed by atoms with Gasteiger partial charge in [-0.05, 0) is 45.7 Å². The van der Waals surface area contributed by atoms with Gasteiger partial charge in [-0.3, -0.25) is 19.7 Å². The number of nitro groups is 1. The van der Waals surface area contributed by atoms with Crippen molar-refractivity contribution in [3.05, 3.63) is 124 Å². The molecule has 4 rings (SSSR count). The molecule has 4 aromatic rings. The van der Waals surface area contributed by atoms with Gasteiger partial charge in [-0.2, -0.15) is 0 Å². The summed E-state index contributed by atoms with van der Waals surface area (Å²) >= 11 is 0. The molecule has 0 aliphatic carbocycles. The molecule has 0 radical (unpaired) electrons. The lowest BCUT2D eigenvalue weighted by Crippen LogP contribution is -2.23. The van der Waals surface area contributed by atoms with Crippen LogP contribution in [-0.2, 0) is 25.8 Å². The fourth-order valence-corrected chi connectivity index (χ4v) is 6.21. The zero-order valence-corrected chi connectivity index (χ0v) is 21.6. The molecule has 1 atom stereocenters. The summed E-state index contributed by atoms with van der Waals surface area (Å²) in [5.41, 5.74) is 6.58. The zero-order chi connectivity index (χ0) is 28.2. The highest BCUT2D eigenvalue weighted by Crippen LogP contribution is 2.36. The van der Waals surface area contributed by atoms with Crippen molar-refractivity contribution < 1.29 is 22.9 Å². The van der Waals surface area contributed by atoms with Crippen molar-refractivity contribution in [1.29, 1.82) is 0 Å². The molecule has 0 aromatic heterocycles. The van der Waals surface area contributed by atoms with Crippen molar-refractivity contribution in [3.63, 3.8) is 0 Å². The fraction of sp³-hybridized carbons (Fsp3) is 0.103. The minimum absolute atomic E-state index is 0.0289. The van der Waals surface area contributed by atoms with Crippen LogP contribution in [0.5, 0.6) is 0 Å². The third kappa shape index (κ3) is 6.02. The van der Waals surface area contributed by atoms with Gasteiger partial charge in [0.1, 0.15) is 11.7 Å². The smallest absolute Gasteiger partial charge is 0.269 e. The van der Waals surface area contributed by atoms with Crippen LogP contribution in [0, 0.1) is 10.1 Å². The molecular weight excluding hydrogens is 518 g/mol. The van der Waals surface area contributed by atoms with E-state index in [1.54, 1.807) is 12.1 Å². The van der Waals surface area contributed by atoms with Crippen LogP contribution in [0.15, 0.2) is 102 Å². The predicted molar refractivity (Wildman–Crippen MR) is 149 cm³/mol. The number of carbonyl (C=O) groups is 2. The van der Waals surface area contributed by atoms with Crippen LogP contribution in [-0.4, -0.2) is 25.2 Å². The van der Waals surface area contributed by atoms with Gasteiger partial charge in [-0.1, -0.05) is 60.7 Å². The Balaban J connectivity index is 1.82. The van der Waals surface area contributed by atoms with E-state index in [0.29, 0.717) is 11.1 Å². The third-order valence-electron chi connectivity index (χ3n) is 6.23. The van der Waals surface area contributed by atoms with Gasteiger partial charge in [0.15, 0.2) is 9.84 Å². The minimum atomic E-state index is -4.10. The van der Waals surface area contributed by atoms with Crippen molar-refractivity contribution in [2.75, 3.05) is 5.32 Å². The van der Waals surface area contributed by atoms with E-state index in [2.05, 4.69) is 11.9 Å². The van der Waals surface area contributed by atoms with Crippen LogP contribution >= 0.6 is 0 Å². The van der Waals surface area contributed by atoms with Crippen molar-refractivity contribution in [1.82, 2.24) is 0 Å². The fourth-order valence-electron chi connectivity index (χ4n) is 4.39. The molecule has 0 heterocycles. The Hall–Kier alpha value is -4.83. The lowest BCUT2D eigenvalue weighted by atomic mass is 10.0. The summed E-state index contributed by atoms with van der Waals surface area (Å²) in [7, 11) is -4.10. The van der Waals surface area contributed by atoms with Crippen LogP contribution in [0.1, 0.15) is 28.4 Å². The molecule has 0 aliphatic rings. The Morgan fingerprint density at radius 2 is 1.67 bits per heavy atom. The molecule has 0 bridgehead atoms. The summed E-state index contributed by atoms with van der Waals surface area (Å²) in [6.07, 6.45) is 0.801. The number of nitro benzene ring substituents is 1. The summed E-state index contributed by atoms with van der Waals surface area (Å²) in [5.74, 6) is -1.53. The number of benzene rings is 4. The summed E-state index contributed by atoms with van der Waals surface area (Å²) in [6.45, 7) is 3.79. The van der Waals surface area contributed by atoms with E-state index in [1.807, 2.05) is 30.3 Å². The predicted octanol–water partition coefficient (Wildman–Crippen LogP) is 4.85. The first-order chi connectivity index (χ1) is 18.6. The van der Waals surface area contributed by atoms with E-state index in [4.69, 9.17) is 5.73 Å². The quantitative estimate of drug-likeness (QED) is 0.126. The maximum absolute atomic E-state index is 14.1. The van der Waals surface area contributed by atoms with Crippen LogP contribution in [0.2, 0.25) is 0 Å². The van der Waals surface area contributed by atoms with Gasteiger partial charge >= 0.3 is 0 Å². The number of nitrogens with one attached hydrogen (secondary N) is 1. The molecule has 1 unspecified atom stereocenters. The lowest BCUT2D eigenvalue weighted by molar-refractivity contribution is -0.384. The summed E-state index contributed by atoms with van der Waals surface area (Å²) in [5, 5.41) is 14.4. The second kappa shape index (κ2) is 11.3. The number of sulfone groups is 1. The number of nitrogens with two attached hydrogens (primary N) is 1. The Labute approximate surface area is 225 Å². The van der Waals surface area contributed by atoms with Crippen molar-refractivity contribution in [2.45, 2.75) is 23.0 Å². The molecule has 3 N–H and O–H groups in total. The summed E-state index contributed by atoms with van der Waals surface area (Å²) in [6, 6.07) is 23.1. The van der Waals surface area contributed by atoms with E-state index >= 15 is 0 Å². The highest BCUT2D eigenvalue weighted by Gasteiger charge is 2.30. The van der Waals surface area contributed by atoms with Crippen LogP contribution in [0.4, 0.5) is 11.4 Å². The van der Waals surface area contributed by atoms with Crippen molar-refractivity contribution >= 4 is 43.8 Å². The molecule has 0 saturated carbocycles. The third-order valence-corrected chi connectivity index (χ3v) is 8.36. The SMILES string of the molecule is C=CC(c1ccc2ccccc2c1)S(=O)(=O)c1cccc(NC(=O)CC(N)=O)c1Cc1ccc([N+](=O)[O-])cc1. The van der Waals surface area contributed by atoms with E-state index in [9.17, 15) is 28.1 Å². The first-order valence-corrected chi connectivity index (χ1v) is 13.4. The molecule has 9 nitrogen and oxygen atoms in total. The monoisotopic (exact) mass is 543 g/mol. The normalized spacial score (nSPS) is 12.0. The number of hydrogen-bond acceptors (Lipinski definition) is 6. The van der Waals surface area contributed by atoms with Crippen LogP contribution < -0.4 is 11.1 Å². The molecule has 4 aromatic carbocycles. The Morgan fingerprint density at radius 1 is 0.974 bits per heavy atom. The first kappa shape index (κ1) is 27.2. The molecule has 2 amide bonds. The minimum Gasteiger partial charge on any atom is -0.369 e. The molecule has 0 aliphatic heterocycles. The topological polar surface area (TPSA) is 149 Å². The van der Waals surface area contributed by atoms with Crippen LogP contribution in [0.3, 0.4) is 0 Å². The molecule has 39 heavy (non-hydrogen) atoms. The van der Waals surface area contributed by atoms with Gasteiger partial charge in [0.05, 0.1) is 9.82 Å². The highest BCUT2D eigenvalue weighted by atomic mass is 32.2. The highest BCUT2D eigenvalue weighted by molar-refractivity contribution is 7.92. The number of anilines is 1. The maximum atomic E-state index is 14.1. The lowest BCUT2D eigenvalue weighted by Gasteiger charge is -2.20. The molecule has 198 valence electrons. The molecule has 0 saturated heterocycles. The second-order valence-electron chi connectivity index (χ2n) is 8.88. The number of fused-ring (bicyclic) bond motifs is 1. The van der Waals surface area contributed by atoms with E-state index < -0.39 is 38.2 Å². The zero-order valence-electron chi connectivity index (χ0n) is 20.7. The number of carbonyl (C=O) groups excluding carboxylic acids is 2.